The Labute approximate surface area is 143 Å². The number of rotatable bonds is 7. The lowest BCUT2D eigenvalue weighted by molar-refractivity contribution is -0.128. The van der Waals surface area contributed by atoms with Crippen LogP contribution in [0.25, 0.3) is 6.08 Å². The number of carbonyl (C=O) groups is 1. The Balaban J connectivity index is 2.07. The van der Waals surface area contributed by atoms with Gasteiger partial charge in [0.15, 0.2) is 9.84 Å². The van der Waals surface area contributed by atoms with Crippen molar-refractivity contribution in [1.82, 2.24) is 4.90 Å². The van der Waals surface area contributed by atoms with Gasteiger partial charge in [-0.25, -0.2) is 8.42 Å². The molecule has 0 aromatic heterocycles. The molecule has 1 fully saturated rings. The highest BCUT2D eigenvalue weighted by Crippen LogP contribution is 2.19. The minimum atomic E-state index is -3.05. The normalized spacial score (nSPS) is 19.5. The number of amides is 1. The molecule has 7 heteroatoms. The summed E-state index contributed by atoms with van der Waals surface area (Å²) in [6.45, 7) is 0.751. The summed E-state index contributed by atoms with van der Waals surface area (Å²) in [5, 5.41) is 0. The minimum Gasteiger partial charge on any atom is -0.497 e. The maximum Gasteiger partial charge on any atom is 0.246 e. The second kappa shape index (κ2) is 8.30. The molecule has 0 bridgehead atoms. The largest absolute Gasteiger partial charge is 0.497 e. The lowest BCUT2D eigenvalue weighted by atomic mass is 10.2. The van der Waals surface area contributed by atoms with E-state index in [0.717, 1.165) is 11.3 Å². The number of benzene rings is 1. The molecule has 1 saturated heterocycles. The first-order valence-corrected chi connectivity index (χ1v) is 9.59. The highest BCUT2D eigenvalue weighted by atomic mass is 32.2. The molecule has 0 aliphatic carbocycles. The van der Waals surface area contributed by atoms with Crippen LogP contribution in [0.4, 0.5) is 0 Å². The quantitative estimate of drug-likeness (QED) is 0.692. The van der Waals surface area contributed by atoms with Crippen molar-refractivity contribution in [3.63, 3.8) is 0 Å². The van der Waals surface area contributed by atoms with Crippen LogP contribution in [0.2, 0.25) is 0 Å². The standard InChI is InChI=1S/C17H23NO5S/c1-22-11-10-18(15-9-12-24(20,21)13-15)17(19)8-5-14-3-6-16(23-2)7-4-14/h3-8,15H,9-13H2,1-2H3/b8-5+/t15-/m0/s1. The van der Waals surface area contributed by atoms with E-state index in [2.05, 4.69) is 0 Å². The van der Waals surface area contributed by atoms with E-state index in [1.165, 1.54) is 6.08 Å². The van der Waals surface area contributed by atoms with Crippen LogP contribution < -0.4 is 4.74 Å². The fraction of sp³-hybridized carbons (Fsp3) is 0.471. The van der Waals surface area contributed by atoms with Crippen LogP contribution >= 0.6 is 0 Å². The average molecular weight is 353 g/mol. The molecule has 1 aromatic carbocycles. The third-order valence-electron chi connectivity index (χ3n) is 4.00. The van der Waals surface area contributed by atoms with Crippen molar-refractivity contribution in [2.75, 3.05) is 38.9 Å². The van der Waals surface area contributed by atoms with Gasteiger partial charge in [-0.1, -0.05) is 12.1 Å². The lowest BCUT2D eigenvalue weighted by Crippen LogP contribution is -2.42. The van der Waals surface area contributed by atoms with Gasteiger partial charge in [0, 0.05) is 25.8 Å². The monoisotopic (exact) mass is 353 g/mol. The number of nitrogens with zero attached hydrogens (tertiary/aromatic N) is 1. The number of ether oxygens (including phenoxy) is 2. The molecule has 0 N–H and O–H groups in total. The molecular weight excluding hydrogens is 330 g/mol. The van der Waals surface area contributed by atoms with Crippen molar-refractivity contribution in [2.45, 2.75) is 12.5 Å². The molecule has 2 rings (SSSR count). The molecule has 24 heavy (non-hydrogen) atoms. The average Bonchev–Trinajstić information content (AvgIpc) is 2.93. The smallest absolute Gasteiger partial charge is 0.246 e. The Kier molecular flexibility index (Phi) is 6.39. The van der Waals surface area contributed by atoms with Crippen LogP contribution in [-0.2, 0) is 19.4 Å². The predicted molar refractivity (Wildman–Crippen MR) is 92.7 cm³/mol. The zero-order chi connectivity index (χ0) is 17.6. The zero-order valence-corrected chi connectivity index (χ0v) is 14.8. The van der Waals surface area contributed by atoms with Crippen molar-refractivity contribution < 1.29 is 22.7 Å². The van der Waals surface area contributed by atoms with Gasteiger partial charge in [0.2, 0.25) is 5.91 Å². The van der Waals surface area contributed by atoms with E-state index in [1.807, 2.05) is 24.3 Å². The van der Waals surface area contributed by atoms with Crippen molar-refractivity contribution in [1.29, 1.82) is 0 Å². The first-order chi connectivity index (χ1) is 11.4. The molecule has 1 aliphatic rings. The predicted octanol–water partition coefficient (Wildman–Crippen LogP) is 1.37. The summed E-state index contributed by atoms with van der Waals surface area (Å²) in [7, 11) is 0.105. The molecule has 1 heterocycles. The van der Waals surface area contributed by atoms with Crippen molar-refractivity contribution in [3.8, 4) is 5.75 Å². The third kappa shape index (κ3) is 5.07. The molecule has 1 atom stereocenters. The molecule has 1 aliphatic heterocycles. The molecule has 1 amide bonds. The van der Waals surface area contributed by atoms with Crippen LogP contribution in [-0.4, -0.2) is 64.1 Å². The Bertz CT molecular complexity index is 681. The minimum absolute atomic E-state index is 0.0266. The first kappa shape index (κ1) is 18.5. The van der Waals surface area contributed by atoms with E-state index in [0.29, 0.717) is 19.6 Å². The summed E-state index contributed by atoms with van der Waals surface area (Å²) in [5.41, 5.74) is 0.870. The molecule has 0 spiro atoms. The van der Waals surface area contributed by atoms with Gasteiger partial charge in [-0.15, -0.1) is 0 Å². The van der Waals surface area contributed by atoms with Crippen LogP contribution in [0.15, 0.2) is 30.3 Å². The fourth-order valence-corrected chi connectivity index (χ4v) is 4.39. The maximum atomic E-state index is 12.5. The topological polar surface area (TPSA) is 72.9 Å². The summed E-state index contributed by atoms with van der Waals surface area (Å²) >= 11 is 0. The Morgan fingerprint density at radius 2 is 2.00 bits per heavy atom. The van der Waals surface area contributed by atoms with E-state index in [4.69, 9.17) is 9.47 Å². The van der Waals surface area contributed by atoms with E-state index in [1.54, 1.807) is 25.2 Å². The molecule has 0 saturated carbocycles. The first-order valence-electron chi connectivity index (χ1n) is 7.77. The lowest BCUT2D eigenvalue weighted by Gasteiger charge is -2.26. The van der Waals surface area contributed by atoms with Crippen LogP contribution in [0.5, 0.6) is 5.75 Å². The second-order valence-electron chi connectivity index (χ2n) is 5.69. The van der Waals surface area contributed by atoms with E-state index in [-0.39, 0.29) is 23.5 Å². The highest BCUT2D eigenvalue weighted by Gasteiger charge is 2.33. The number of sulfone groups is 1. The molecule has 1 aromatic rings. The van der Waals surface area contributed by atoms with Crippen LogP contribution in [0.1, 0.15) is 12.0 Å². The second-order valence-corrected chi connectivity index (χ2v) is 7.92. The van der Waals surface area contributed by atoms with Gasteiger partial charge >= 0.3 is 0 Å². The Morgan fingerprint density at radius 1 is 1.29 bits per heavy atom. The summed E-state index contributed by atoms with van der Waals surface area (Å²) in [5.74, 6) is 0.705. The van der Waals surface area contributed by atoms with Gasteiger partial charge in [-0.2, -0.15) is 0 Å². The van der Waals surface area contributed by atoms with Gasteiger partial charge in [-0.3, -0.25) is 4.79 Å². The van der Waals surface area contributed by atoms with Gasteiger partial charge in [0.25, 0.3) is 0 Å². The summed E-state index contributed by atoms with van der Waals surface area (Å²) in [6, 6.07) is 7.05. The zero-order valence-electron chi connectivity index (χ0n) is 14.0. The summed E-state index contributed by atoms with van der Waals surface area (Å²) in [6.07, 6.45) is 3.67. The third-order valence-corrected chi connectivity index (χ3v) is 5.75. The SMILES string of the molecule is COCCN(C(=O)/C=C/c1ccc(OC)cc1)[C@H]1CCS(=O)(=O)C1. The van der Waals surface area contributed by atoms with Gasteiger partial charge in [-0.05, 0) is 30.2 Å². The number of hydrogen-bond donors (Lipinski definition) is 0. The molecule has 132 valence electrons. The fourth-order valence-electron chi connectivity index (χ4n) is 2.66. The van der Waals surface area contributed by atoms with Crippen LogP contribution in [0.3, 0.4) is 0 Å². The molecule has 0 unspecified atom stereocenters. The number of hydrogen-bond acceptors (Lipinski definition) is 5. The summed E-state index contributed by atoms with van der Waals surface area (Å²) < 4.78 is 33.5. The highest BCUT2D eigenvalue weighted by molar-refractivity contribution is 7.91. The van der Waals surface area contributed by atoms with E-state index < -0.39 is 9.84 Å². The van der Waals surface area contributed by atoms with Crippen molar-refractivity contribution >= 4 is 21.8 Å². The van der Waals surface area contributed by atoms with Crippen molar-refractivity contribution in [2.24, 2.45) is 0 Å². The molecular formula is C17H23NO5S. The van der Waals surface area contributed by atoms with Gasteiger partial charge in [0.1, 0.15) is 5.75 Å². The van der Waals surface area contributed by atoms with Gasteiger partial charge in [0.05, 0.1) is 25.2 Å². The Morgan fingerprint density at radius 3 is 2.54 bits per heavy atom. The van der Waals surface area contributed by atoms with Crippen LogP contribution in [0, 0.1) is 0 Å². The molecule has 0 radical (unpaired) electrons. The number of methoxy groups -OCH3 is 2. The summed E-state index contributed by atoms with van der Waals surface area (Å²) in [4.78, 5) is 14.1. The van der Waals surface area contributed by atoms with Gasteiger partial charge < -0.3 is 14.4 Å². The van der Waals surface area contributed by atoms with E-state index >= 15 is 0 Å². The Hall–Kier alpha value is -1.86. The maximum absolute atomic E-state index is 12.5. The van der Waals surface area contributed by atoms with E-state index in [9.17, 15) is 13.2 Å². The molecule has 6 nitrogen and oxygen atoms in total. The number of carbonyl (C=O) groups excluding carboxylic acids is 1. The van der Waals surface area contributed by atoms with Crippen molar-refractivity contribution in [3.05, 3.63) is 35.9 Å².